The Morgan fingerprint density at radius 2 is 2.12 bits per heavy atom. The molecule has 2 aromatic rings. The van der Waals surface area contributed by atoms with Gasteiger partial charge in [0.15, 0.2) is 0 Å². The van der Waals surface area contributed by atoms with Crippen LogP contribution in [0.5, 0.6) is 0 Å². The van der Waals surface area contributed by atoms with Crippen LogP contribution < -0.4 is 0 Å². The van der Waals surface area contributed by atoms with E-state index >= 15 is 0 Å². The van der Waals surface area contributed by atoms with Crippen LogP contribution in [0.3, 0.4) is 0 Å². The fraction of sp³-hybridized carbons (Fsp3) is 0.286. The van der Waals surface area contributed by atoms with Gasteiger partial charge in [0.25, 0.3) is 0 Å². The van der Waals surface area contributed by atoms with Gasteiger partial charge in [0.05, 0.1) is 12.9 Å². The number of benzene rings is 1. The number of aliphatic hydroxyl groups is 1. The molecule has 0 aliphatic rings. The zero-order chi connectivity index (χ0) is 11.5. The summed E-state index contributed by atoms with van der Waals surface area (Å²) in [7, 11) is 0. The number of fused-ring (bicyclic) bond motifs is 1. The Morgan fingerprint density at radius 3 is 2.81 bits per heavy atom. The van der Waals surface area contributed by atoms with E-state index in [1.165, 1.54) is 0 Å². The molecule has 2 rings (SSSR count). The van der Waals surface area contributed by atoms with Crippen LogP contribution in [-0.4, -0.2) is 11.7 Å². The SMILES string of the molecule is CC(C)/C(=C/c1coc2ccccc12)CO. The van der Waals surface area contributed by atoms with Crippen LogP contribution >= 0.6 is 0 Å². The summed E-state index contributed by atoms with van der Waals surface area (Å²) in [6, 6.07) is 7.92. The third-order valence-electron chi connectivity index (χ3n) is 2.78. The van der Waals surface area contributed by atoms with Crippen molar-refractivity contribution in [3.05, 3.63) is 41.7 Å². The summed E-state index contributed by atoms with van der Waals surface area (Å²) in [5.74, 6) is 0.346. The van der Waals surface area contributed by atoms with Crippen molar-refractivity contribution in [1.29, 1.82) is 0 Å². The summed E-state index contributed by atoms with van der Waals surface area (Å²) in [6.45, 7) is 4.24. The van der Waals surface area contributed by atoms with Gasteiger partial charge in [-0.1, -0.05) is 32.0 Å². The van der Waals surface area contributed by atoms with E-state index in [2.05, 4.69) is 13.8 Å². The molecule has 84 valence electrons. The predicted octanol–water partition coefficient (Wildman–Crippen LogP) is 3.46. The van der Waals surface area contributed by atoms with E-state index in [1.54, 1.807) is 6.26 Å². The maximum Gasteiger partial charge on any atom is 0.134 e. The normalized spacial score (nSPS) is 12.6. The van der Waals surface area contributed by atoms with Crippen molar-refractivity contribution in [2.45, 2.75) is 13.8 Å². The van der Waals surface area contributed by atoms with Crippen LogP contribution in [-0.2, 0) is 0 Å². The zero-order valence-corrected chi connectivity index (χ0v) is 9.60. The minimum Gasteiger partial charge on any atom is -0.464 e. The smallest absolute Gasteiger partial charge is 0.134 e. The highest BCUT2D eigenvalue weighted by atomic mass is 16.3. The Kier molecular flexibility index (Phi) is 3.11. The van der Waals surface area contributed by atoms with Crippen molar-refractivity contribution >= 4 is 17.0 Å². The minimum absolute atomic E-state index is 0.0944. The number of hydrogen-bond donors (Lipinski definition) is 1. The first-order chi connectivity index (χ1) is 7.72. The fourth-order valence-electron chi connectivity index (χ4n) is 1.70. The van der Waals surface area contributed by atoms with Gasteiger partial charge in [0.2, 0.25) is 0 Å². The van der Waals surface area contributed by atoms with Gasteiger partial charge in [0, 0.05) is 10.9 Å². The maximum atomic E-state index is 9.27. The van der Waals surface area contributed by atoms with Gasteiger partial charge in [-0.3, -0.25) is 0 Å². The number of furan rings is 1. The fourth-order valence-corrected chi connectivity index (χ4v) is 1.70. The molecule has 1 heterocycles. The molecule has 0 bridgehead atoms. The molecule has 0 saturated heterocycles. The largest absolute Gasteiger partial charge is 0.464 e. The number of para-hydroxylation sites is 1. The van der Waals surface area contributed by atoms with E-state index in [0.29, 0.717) is 5.92 Å². The highest BCUT2D eigenvalue weighted by Crippen LogP contribution is 2.24. The second-order valence-corrected chi connectivity index (χ2v) is 4.22. The standard InChI is InChI=1S/C14H16O2/c1-10(2)11(8-15)7-12-9-16-14-6-4-3-5-13(12)14/h3-7,9-10,15H,8H2,1-2H3/b11-7+. The molecule has 0 saturated carbocycles. The van der Waals surface area contributed by atoms with Gasteiger partial charge in [-0.15, -0.1) is 0 Å². The molecule has 0 unspecified atom stereocenters. The van der Waals surface area contributed by atoms with Crippen molar-refractivity contribution in [2.24, 2.45) is 5.92 Å². The van der Waals surface area contributed by atoms with E-state index in [9.17, 15) is 5.11 Å². The summed E-state index contributed by atoms with van der Waals surface area (Å²) < 4.78 is 5.45. The molecule has 0 fully saturated rings. The van der Waals surface area contributed by atoms with Gasteiger partial charge >= 0.3 is 0 Å². The molecule has 2 nitrogen and oxygen atoms in total. The van der Waals surface area contributed by atoms with E-state index < -0.39 is 0 Å². The Bertz CT molecular complexity index is 506. The summed E-state index contributed by atoms with van der Waals surface area (Å²) in [5.41, 5.74) is 2.94. The number of rotatable bonds is 3. The van der Waals surface area contributed by atoms with Crippen LogP contribution in [0.15, 0.2) is 40.5 Å². The molecule has 1 aromatic carbocycles. The van der Waals surface area contributed by atoms with Gasteiger partial charge in [-0.05, 0) is 23.6 Å². The third-order valence-corrected chi connectivity index (χ3v) is 2.78. The topological polar surface area (TPSA) is 33.4 Å². The average Bonchev–Trinajstić information content (AvgIpc) is 2.69. The van der Waals surface area contributed by atoms with Gasteiger partial charge in [-0.25, -0.2) is 0 Å². The van der Waals surface area contributed by atoms with E-state index in [0.717, 1.165) is 22.1 Å². The van der Waals surface area contributed by atoms with Crippen LogP contribution in [0.25, 0.3) is 17.0 Å². The lowest BCUT2D eigenvalue weighted by Gasteiger charge is -2.06. The van der Waals surface area contributed by atoms with Crippen molar-refractivity contribution in [1.82, 2.24) is 0 Å². The molecule has 0 spiro atoms. The monoisotopic (exact) mass is 216 g/mol. The molecule has 1 aromatic heterocycles. The quantitative estimate of drug-likeness (QED) is 0.852. The van der Waals surface area contributed by atoms with E-state index in [1.807, 2.05) is 30.3 Å². The first kappa shape index (κ1) is 11.0. The molecule has 2 heteroatoms. The molecule has 0 radical (unpaired) electrons. The van der Waals surface area contributed by atoms with E-state index in [4.69, 9.17) is 4.42 Å². The Labute approximate surface area is 95.2 Å². The maximum absolute atomic E-state index is 9.27. The van der Waals surface area contributed by atoms with Gasteiger partial charge < -0.3 is 9.52 Å². The van der Waals surface area contributed by atoms with Crippen LogP contribution in [0.2, 0.25) is 0 Å². The van der Waals surface area contributed by atoms with E-state index in [-0.39, 0.29) is 6.61 Å². The molecule has 0 amide bonds. The molecule has 1 N–H and O–H groups in total. The Morgan fingerprint density at radius 1 is 1.38 bits per heavy atom. The minimum atomic E-state index is 0.0944. The predicted molar refractivity (Wildman–Crippen MR) is 66.1 cm³/mol. The molecule has 0 aliphatic carbocycles. The lowest BCUT2D eigenvalue weighted by Crippen LogP contribution is -1.98. The highest BCUT2D eigenvalue weighted by Gasteiger charge is 2.06. The average molecular weight is 216 g/mol. The summed E-state index contributed by atoms with van der Waals surface area (Å²) in [4.78, 5) is 0. The number of hydrogen-bond acceptors (Lipinski definition) is 2. The molecule has 16 heavy (non-hydrogen) atoms. The highest BCUT2D eigenvalue weighted by molar-refractivity contribution is 5.87. The lowest BCUT2D eigenvalue weighted by atomic mass is 10.0. The summed E-state index contributed by atoms with van der Waals surface area (Å²) in [6.07, 6.45) is 3.75. The first-order valence-electron chi connectivity index (χ1n) is 5.50. The molecular weight excluding hydrogens is 200 g/mol. The van der Waals surface area contributed by atoms with Crippen molar-refractivity contribution in [3.8, 4) is 0 Å². The summed E-state index contributed by atoms with van der Waals surface area (Å²) >= 11 is 0. The van der Waals surface area contributed by atoms with Gasteiger partial charge in [-0.2, -0.15) is 0 Å². The third kappa shape index (κ3) is 2.02. The Balaban J connectivity index is 2.48. The summed E-state index contributed by atoms with van der Waals surface area (Å²) in [5, 5.41) is 10.4. The lowest BCUT2D eigenvalue weighted by molar-refractivity contribution is 0.320. The second-order valence-electron chi connectivity index (χ2n) is 4.22. The van der Waals surface area contributed by atoms with Crippen LogP contribution in [0.4, 0.5) is 0 Å². The second kappa shape index (κ2) is 4.54. The molecule has 0 aliphatic heterocycles. The van der Waals surface area contributed by atoms with Crippen LogP contribution in [0, 0.1) is 5.92 Å². The first-order valence-corrected chi connectivity index (χ1v) is 5.50. The van der Waals surface area contributed by atoms with Crippen molar-refractivity contribution in [2.75, 3.05) is 6.61 Å². The number of aliphatic hydroxyl groups excluding tert-OH is 1. The van der Waals surface area contributed by atoms with Gasteiger partial charge in [0.1, 0.15) is 5.58 Å². The van der Waals surface area contributed by atoms with Crippen molar-refractivity contribution in [3.63, 3.8) is 0 Å². The molecular formula is C14H16O2. The van der Waals surface area contributed by atoms with Crippen molar-refractivity contribution < 1.29 is 9.52 Å². The zero-order valence-electron chi connectivity index (χ0n) is 9.60. The Hall–Kier alpha value is -1.54. The van der Waals surface area contributed by atoms with Crippen LogP contribution in [0.1, 0.15) is 19.4 Å². The molecule has 0 atom stereocenters.